The van der Waals surface area contributed by atoms with Crippen LogP contribution in [0.1, 0.15) is 50.0 Å². The van der Waals surface area contributed by atoms with Gasteiger partial charge in [-0.2, -0.15) is 0 Å². The molecule has 46 heavy (non-hydrogen) atoms. The number of carbonyl (C=O) groups is 3. The Labute approximate surface area is 270 Å². The molecular formula is C35H44O10Si. The monoisotopic (exact) mass is 652 g/mol. The van der Waals surface area contributed by atoms with E-state index in [0.29, 0.717) is 22.3 Å². The van der Waals surface area contributed by atoms with Gasteiger partial charge in [-0.3, -0.25) is 9.59 Å². The summed E-state index contributed by atoms with van der Waals surface area (Å²) in [6, 6.07) is 17.4. The standard InChI is InChI=1S/C35H44O10Si/c1-8-41-32(37)28-20-22(2)29(45-33(38)30(44-23(3)36)25-12-10-9-11-13-25)31(43-21-24-14-16-26(40-4)17-15-24)35(28,39)27-18-19-42-34(27)46(5,6)7/h9-19,22,28-31,39H,8,20-21H2,1-7H3/t22-,28-,29+,30-,31-,35+/m0/s1. The van der Waals surface area contributed by atoms with E-state index in [1.54, 1.807) is 62.6 Å². The first-order valence-electron chi connectivity index (χ1n) is 15.5. The predicted molar refractivity (Wildman–Crippen MR) is 172 cm³/mol. The zero-order valence-corrected chi connectivity index (χ0v) is 28.5. The fraction of sp³-hybridized carbons (Fsp3) is 0.457. The van der Waals surface area contributed by atoms with Crippen molar-refractivity contribution in [3.8, 4) is 5.75 Å². The van der Waals surface area contributed by atoms with Gasteiger partial charge in [0.25, 0.3) is 0 Å². The second-order valence-corrected chi connectivity index (χ2v) is 17.6. The van der Waals surface area contributed by atoms with Crippen LogP contribution < -0.4 is 10.1 Å². The molecule has 0 amide bonds. The first kappa shape index (κ1) is 34.9. The number of aliphatic hydroxyl groups is 1. The number of furan rings is 1. The Morgan fingerprint density at radius 1 is 1.04 bits per heavy atom. The minimum absolute atomic E-state index is 0.0134. The van der Waals surface area contributed by atoms with Crippen LogP contribution in [0.15, 0.2) is 71.3 Å². The molecule has 0 saturated heterocycles. The van der Waals surface area contributed by atoms with E-state index >= 15 is 0 Å². The Hall–Kier alpha value is -3.93. The highest BCUT2D eigenvalue weighted by Crippen LogP contribution is 2.48. The van der Waals surface area contributed by atoms with Gasteiger partial charge in [0.05, 0.1) is 37.9 Å². The van der Waals surface area contributed by atoms with Gasteiger partial charge in [0.15, 0.2) is 0 Å². The number of esters is 3. The summed E-state index contributed by atoms with van der Waals surface area (Å²) < 4.78 is 34.9. The average Bonchev–Trinajstić information content (AvgIpc) is 3.54. The molecule has 4 rings (SSSR count). The molecule has 1 heterocycles. The molecule has 1 aromatic heterocycles. The molecule has 0 unspecified atom stereocenters. The van der Waals surface area contributed by atoms with Crippen molar-refractivity contribution >= 4 is 31.4 Å². The average molecular weight is 653 g/mol. The van der Waals surface area contributed by atoms with E-state index in [9.17, 15) is 19.5 Å². The van der Waals surface area contributed by atoms with Crippen LogP contribution in [0.2, 0.25) is 19.6 Å². The van der Waals surface area contributed by atoms with E-state index < -0.39 is 61.7 Å². The third-order valence-electron chi connectivity index (χ3n) is 8.22. The van der Waals surface area contributed by atoms with E-state index in [0.717, 1.165) is 5.56 Å². The van der Waals surface area contributed by atoms with Crippen LogP contribution in [-0.4, -0.2) is 57.0 Å². The fourth-order valence-corrected chi connectivity index (χ4v) is 7.56. The lowest BCUT2D eigenvalue weighted by Crippen LogP contribution is -2.64. The molecule has 11 heteroatoms. The third kappa shape index (κ3) is 7.54. The second kappa shape index (κ2) is 14.7. The van der Waals surface area contributed by atoms with Crippen LogP contribution in [-0.2, 0) is 45.5 Å². The molecule has 1 aliphatic rings. The van der Waals surface area contributed by atoms with Crippen molar-refractivity contribution in [2.45, 2.75) is 77.4 Å². The number of carbonyl (C=O) groups excluding carboxylic acids is 3. The zero-order valence-electron chi connectivity index (χ0n) is 27.5. The molecule has 3 aromatic rings. The molecule has 1 aliphatic carbocycles. The minimum Gasteiger partial charge on any atom is -0.497 e. The Morgan fingerprint density at radius 3 is 2.30 bits per heavy atom. The van der Waals surface area contributed by atoms with Gasteiger partial charge < -0.3 is 33.2 Å². The Balaban J connectivity index is 1.84. The highest BCUT2D eigenvalue weighted by Gasteiger charge is 2.61. The van der Waals surface area contributed by atoms with Gasteiger partial charge in [0.1, 0.15) is 31.6 Å². The molecular weight excluding hydrogens is 608 g/mol. The molecule has 0 radical (unpaired) electrons. The van der Waals surface area contributed by atoms with E-state index in [1.807, 2.05) is 19.1 Å². The molecule has 1 saturated carbocycles. The largest absolute Gasteiger partial charge is 0.497 e. The number of methoxy groups -OCH3 is 1. The molecule has 248 valence electrons. The molecule has 6 atom stereocenters. The Kier molecular flexibility index (Phi) is 11.1. The lowest BCUT2D eigenvalue weighted by atomic mass is 9.65. The van der Waals surface area contributed by atoms with Crippen LogP contribution in [0.4, 0.5) is 0 Å². The highest BCUT2D eigenvalue weighted by atomic mass is 28.3. The van der Waals surface area contributed by atoms with Crippen LogP contribution in [0.25, 0.3) is 0 Å². The number of hydrogen-bond acceptors (Lipinski definition) is 10. The molecule has 0 aliphatic heterocycles. The van der Waals surface area contributed by atoms with Gasteiger partial charge in [0, 0.05) is 18.1 Å². The van der Waals surface area contributed by atoms with Crippen molar-refractivity contribution in [1.82, 2.24) is 0 Å². The molecule has 2 aromatic carbocycles. The van der Waals surface area contributed by atoms with E-state index in [1.165, 1.54) is 13.2 Å². The maximum absolute atomic E-state index is 13.9. The topological polar surface area (TPSA) is 131 Å². The molecule has 0 spiro atoms. The van der Waals surface area contributed by atoms with Crippen LogP contribution in [0.5, 0.6) is 5.75 Å². The van der Waals surface area contributed by atoms with Gasteiger partial charge in [0.2, 0.25) is 6.10 Å². The summed E-state index contributed by atoms with van der Waals surface area (Å²) in [5.41, 5.74) is -0.421. The van der Waals surface area contributed by atoms with Crippen molar-refractivity contribution in [3.63, 3.8) is 0 Å². The number of ether oxygens (including phenoxy) is 5. The maximum Gasteiger partial charge on any atom is 0.352 e. The first-order chi connectivity index (χ1) is 21.8. The van der Waals surface area contributed by atoms with Crippen LogP contribution in [0.3, 0.4) is 0 Å². The lowest BCUT2D eigenvalue weighted by molar-refractivity contribution is -0.241. The van der Waals surface area contributed by atoms with Crippen LogP contribution in [0, 0.1) is 11.8 Å². The summed E-state index contributed by atoms with van der Waals surface area (Å²) in [6.07, 6.45) is -2.05. The summed E-state index contributed by atoms with van der Waals surface area (Å²) in [5, 5.41) is 13.6. The van der Waals surface area contributed by atoms with E-state index in [4.69, 9.17) is 28.1 Å². The van der Waals surface area contributed by atoms with Crippen molar-refractivity contribution in [2.75, 3.05) is 13.7 Å². The Bertz CT molecular complexity index is 1480. The zero-order chi connectivity index (χ0) is 33.6. The third-order valence-corrected chi connectivity index (χ3v) is 9.97. The Morgan fingerprint density at radius 2 is 1.72 bits per heavy atom. The van der Waals surface area contributed by atoms with E-state index in [-0.39, 0.29) is 19.6 Å². The van der Waals surface area contributed by atoms with Gasteiger partial charge in [-0.15, -0.1) is 0 Å². The quantitative estimate of drug-likeness (QED) is 0.161. The summed E-state index contributed by atoms with van der Waals surface area (Å²) in [5.74, 6) is -2.96. The molecule has 10 nitrogen and oxygen atoms in total. The number of rotatable bonds is 12. The van der Waals surface area contributed by atoms with Crippen molar-refractivity contribution < 1.29 is 47.6 Å². The number of benzene rings is 2. The van der Waals surface area contributed by atoms with Crippen molar-refractivity contribution in [3.05, 3.63) is 83.6 Å². The summed E-state index contributed by atoms with van der Waals surface area (Å²) >= 11 is 0. The normalized spacial score (nSPS) is 23.7. The fourth-order valence-electron chi connectivity index (χ4n) is 6.05. The predicted octanol–water partition coefficient (Wildman–Crippen LogP) is 5.04. The van der Waals surface area contributed by atoms with Gasteiger partial charge >= 0.3 is 17.9 Å². The summed E-state index contributed by atoms with van der Waals surface area (Å²) in [7, 11) is -0.659. The van der Waals surface area contributed by atoms with Crippen molar-refractivity contribution in [2.24, 2.45) is 11.8 Å². The van der Waals surface area contributed by atoms with Crippen LogP contribution >= 0.6 is 0 Å². The molecule has 1 N–H and O–H groups in total. The smallest absolute Gasteiger partial charge is 0.352 e. The maximum atomic E-state index is 13.9. The van der Waals surface area contributed by atoms with E-state index in [2.05, 4.69) is 19.6 Å². The first-order valence-corrected chi connectivity index (χ1v) is 19.0. The molecule has 1 fully saturated rings. The highest BCUT2D eigenvalue weighted by molar-refractivity contribution is 6.88. The van der Waals surface area contributed by atoms with Gasteiger partial charge in [-0.1, -0.05) is 69.0 Å². The van der Waals surface area contributed by atoms with Gasteiger partial charge in [-0.05, 0) is 43.0 Å². The number of hydrogen-bond donors (Lipinski definition) is 1. The van der Waals surface area contributed by atoms with Gasteiger partial charge in [-0.25, -0.2) is 4.79 Å². The summed E-state index contributed by atoms with van der Waals surface area (Å²) in [6.45, 7) is 11.1. The van der Waals surface area contributed by atoms with Crippen molar-refractivity contribution in [1.29, 1.82) is 0 Å². The molecule has 0 bridgehead atoms. The summed E-state index contributed by atoms with van der Waals surface area (Å²) in [4.78, 5) is 39.5. The minimum atomic E-state index is -2.23. The SMILES string of the molecule is CCOC(=O)[C@@H]1C[C@H](C)[C@@H](OC(=O)[C@@H](OC(C)=O)c2ccccc2)[C@H](OCc2ccc(OC)cc2)[C@@]1(O)c1ccoc1[Si](C)(C)C. The second-order valence-electron chi connectivity index (χ2n) is 12.6. The lowest BCUT2D eigenvalue weighted by Gasteiger charge is -2.50.